The van der Waals surface area contributed by atoms with Gasteiger partial charge in [0.05, 0.1) is 5.69 Å². The summed E-state index contributed by atoms with van der Waals surface area (Å²) in [7, 11) is 0. The van der Waals surface area contributed by atoms with E-state index in [4.69, 9.17) is 5.26 Å². The second-order valence-electron chi connectivity index (χ2n) is 3.63. The predicted octanol–water partition coefficient (Wildman–Crippen LogP) is 3.77. The molecule has 84 valence electrons. The molecule has 0 saturated heterocycles. The van der Waals surface area contributed by atoms with Gasteiger partial charge in [0.2, 0.25) is 0 Å². The lowest BCUT2D eigenvalue weighted by Gasteiger charge is -2.08. The highest BCUT2D eigenvalue weighted by atomic mass is 79.9. The number of halogens is 1. The molecule has 0 aliphatic carbocycles. The highest BCUT2D eigenvalue weighted by molar-refractivity contribution is 9.10. The number of nitrogens with one attached hydrogen (secondary N) is 1. The number of hydrogen-bond donors (Lipinski definition) is 1. The number of pyridine rings is 1. The summed E-state index contributed by atoms with van der Waals surface area (Å²) in [5.41, 5.74) is 2.51. The number of benzene rings is 1. The Morgan fingerprint density at radius 3 is 2.82 bits per heavy atom. The molecule has 3 nitrogen and oxygen atoms in total. The zero-order valence-electron chi connectivity index (χ0n) is 9.24. The van der Waals surface area contributed by atoms with E-state index in [0.717, 1.165) is 10.2 Å². The summed E-state index contributed by atoms with van der Waals surface area (Å²) < 4.78 is 0.974. The number of aromatic nitrogens is 1. The van der Waals surface area contributed by atoms with Crippen LogP contribution in [0.3, 0.4) is 0 Å². The summed E-state index contributed by atoms with van der Waals surface area (Å²) in [4.78, 5) is 4.16. The van der Waals surface area contributed by atoms with Crippen LogP contribution in [0.1, 0.15) is 11.3 Å². The van der Waals surface area contributed by atoms with Gasteiger partial charge in [-0.05, 0) is 52.7 Å². The van der Waals surface area contributed by atoms with Gasteiger partial charge in [-0.1, -0.05) is 12.1 Å². The van der Waals surface area contributed by atoms with Crippen LogP contribution < -0.4 is 5.32 Å². The Morgan fingerprint density at radius 1 is 1.29 bits per heavy atom. The number of aryl methyl sites for hydroxylation is 1. The van der Waals surface area contributed by atoms with Crippen molar-refractivity contribution in [1.82, 2.24) is 4.98 Å². The highest BCUT2D eigenvalue weighted by Gasteiger charge is 2.02. The maximum Gasteiger partial charge on any atom is 0.142 e. The standard InChI is InChI=1S/C13H10BrN3/c1-9-5-6-12(11(14)7-9)17-13-4-2-3-10(8-15)16-13/h2-7H,1H3,(H,16,17). The maximum absolute atomic E-state index is 8.77. The van der Waals surface area contributed by atoms with Crippen LogP contribution >= 0.6 is 15.9 Å². The van der Waals surface area contributed by atoms with Crippen molar-refractivity contribution in [3.8, 4) is 6.07 Å². The molecule has 0 aliphatic heterocycles. The lowest BCUT2D eigenvalue weighted by molar-refractivity contribution is 1.25. The second kappa shape index (κ2) is 4.98. The minimum atomic E-state index is 0.401. The molecule has 2 rings (SSSR count). The van der Waals surface area contributed by atoms with Crippen molar-refractivity contribution >= 4 is 27.4 Å². The van der Waals surface area contributed by atoms with E-state index in [1.165, 1.54) is 5.56 Å². The number of nitriles is 1. The van der Waals surface area contributed by atoms with Crippen molar-refractivity contribution in [3.05, 3.63) is 52.1 Å². The van der Waals surface area contributed by atoms with E-state index in [1.807, 2.05) is 37.3 Å². The normalized spacial score (nSPS) is 9.71. The third-order valence-electron chi connectivity index (χ3n) is 2.25. The summed E-state index contributed by atoms with van der Waals surface area (Å²) in [6.07, 6.45) is 0. The lowest BCUT2D eigenvalue weighted by Crippen LogP contribution is -1.95. The molecule has 4 heteroatoms. The number of anilines is 2. The predicted molar refractivity (Wildman–Crippen MR) is 71.1 cm³/mol. The Hall–Kier alpha value is -1.86. The Bertz CT molecular complexity index is 587. The molecular formula is C13H10BrN3. The molecule has 1 heterocycles. The number of hydrogen-bond acceptors (Lipinski definition) is 3. The van der Waals surface area contributed by atoms with Gasteiger partial charge in [-0.3, -0.25) is 0 Å². The van der Waals surface area contributed by atoms with Crippen LogP contribution in [0, 0.1) is 18.3 Å². The molecule has 17 heavy (non-hydrogen) atoms. The van der Waals surface area contributed by atoms with Gasteiger partial charge in [0, 0.05) is 4.47 Å². The Balaban J connectivity index is 2.28. The van der Waals surface area contributed by atoms with Crippen LogP contribution in [0.2, 0.25) is 0 Å². The number of nitrogens with zero attached hydrogens (tertiary/aromatic N) is 2. The SMILES string of the molecule is Cc1ccc(Nc2cccc(C#N)n2)c(Br)c1. The molecule has 0 fully saturated rings. The third kappa shape index (κ3) is 2.83. The fourth-order valence-corrected chi connectivity index (χ4v) is 2.02. The van der Waals surface area contributed by atoms with Gasteiger partial charge in [0.25, 0.3) is 0 Å². The van der Waals surface area contributed by atoms with Gasteiger partial charge in [-0.25, -0.2) is 4.98 Å². The van der Waals surface area contributed by atoms with E-state index in [0.29, 0.717) is 11.5 Å². The van der Waals surface area contributed by atoms with E-state index in [2.05, 4.69) is 26.2 Å². The maximum atomic E-state index is 8.77. The van der Waals surface area contributed by atoms with Crippen LogP contribution in [0.4, 0.5) is 11.5 Å². The monoisotopic (exact) mass is 287 g/mol. The minimum Gasteiger partial charge on any atom is -0.339 e. The van der Waals surface area contributed by atoms with Crippen LogP contribution in [0.25, 0.3) is 0 Å². The van der Waals surface area contributed by atoms with Crippen LogP contribution in [-0.4, -0.2) is 4.98 Å². The molecule has 0 saturated carbocycles. The summed E-state index contributed by atoms with van der Waals surface area (Å²) in [5.74, 6) is 0.661. The summed E-state index contributed by atoms with van der Waals surface area (Å²) in [5, 5.41) is 11.9. The molecule has 0 bridgehead atoms. The highest BCUT2D eigenvalue weighted by Crippen LogP contribution is 2.25. The van der Waals surface area contributed by atoms with Crippen molar-refractivity contribution in [1.29, 1.82) is 5.26 Å². The smallest absolute Gasteiger partial charge is 0.142 e. The average Bonchev–Trinajstić information content (AvgIpc) is 2.33. The topological polar surface area (TPSA) is 48.7 Å². The van der Waals surface area contributed by atoms with Crippen molar-refractivity contribution < 1.29 is 0 Å². The van der Waals surface area contributed by atoms with Crippen LogP contribution in [0.5, 0.6) is 0 Å². The first-order valence-electron chi connectivity index (χ1n) is 5.09. The van der Waals surface area contributed by atoms with E-state index in [-0.39, 0.29) is 0 Å². The third-order valence-corrected chi connectivity index (χ3v) is 2.91. The summed E-state index contributed by atoms with van der Waals surface area (Å²) in [6, 6.07) is 13.3. The van der Waals surface area contributed by atoms with Crippen LogP contribution in [0.15, 0.2) is 40.9 Å². The first kappa shape index (κ1) is 11.6. The van der Waals surface area contributed by atoms with E-state index >= 15 is 0 Å². The molecule has 0 amide bonds. The number of rotatable bonds is 2. The summed E-state index contributed by atoms with van der Waals surface area (Å²) >= 11 is 3.48. The molecule has 0 spiro atoms. The second-order valence-corrected chi connectivity index (χ2v) is 4.48. The quantitative estimate of drug-likeness (QED) is 0.915. The molecule has 0 aliphatic rings. The molecule has 2 aromatic rings. The lowest BCUT2D eigenvalue weighted by atomic mass is 10.2. The van der Waals surface area contributed by atoms with Crippen LogP contribution in [-0.2, 0) is 0 Å². The molecule has 0 radical (unpaired) electrons. The van der Waals surface area contributed by atoms with Gasteiger partial charge in [-0.15, -0.1) is 0 Å². The Labute approximate surface area is 108 Å². The molecule has 0 unspecified atom stereocenters. The van der Waals surface area contributed by atoms with Gasteiger partial charge in [0.15, 0.2) is 0 Å². The molecule has 1 N–H and O–H groups in total. The average molecular weight is 288 g/mol. The first-order valence-corrected chi connectivity index (χ1v) is 5.88. The first-order chi connectivity index (χ1) is 8.19. The zero-order chi connectivity index (χ0) is 12.3. The van der Waals surface area contributed by atoms with Crippen molar-refractivity contribution in [3.63, 3.8) is 0 Å². The molecular weight excluding hydrogens is 278 g/mol. The van der Waals surface area contributed by atoms with Crippen molar-refractivity contribution in [2.75, 3.05) is 5.32 Å². The Kier molecular flexibility index (Phi) is 3.40. The fraction of sp³-hybridized carbons (Fsp3) is 0.0769. The zero-order valence-corrected chi connectivity index (χ0v) is 10.8. The fourth-order valence-electron chi connectivity index (χ4n) is 1.43. The van der Waals surface area contributed by atoms with E-state index < -0.39 is 0 Å². The molecule has 0 atom stereocenters. The van der Waals surface area contributed by atoms with Gasteiger partial charge in [0.1, 0.15) is 17.6 Å². The van der Waals surface area contributed by atoms with Gasteiger partial charge >= 0.3 is 0 Å². The van der Waals surface area contributed by atoms with Gasteiger partial charge < -0.3 is 5.32 Å². The Morgan fingerprint density at radius 2 is 2.12 bits per heavy atom. The van der Waals surface area contributed by atoms with Gasteiger partial charge in [-0.2, -0.15) is 5.26 Å². The van der Waals surface area contributed by atoms with E-state index in [1.54, 1.807) is 12.1 Å². The largest absolute Gasteiger partial charge is 0.339 e. The van der Waals surface area contributed by atoms with Crippen molar-refractivity contribution in [2.45, 2.75) is 6.92 Å². The minimum absolute atomic E-state index is 0.401. The van der Waals surface area contributed by atoms with Crippen molar-refractivity contribution in [2.24, 2.45) is 0 Å². The van der Waals surface area contributed by atoms with E-state index in [9.17, 15) is 0 Å². The molecule has 1 aromatic heterocycles. The summed E-state index contributed by atoms with van der Waals surface area (Å²) in [6.45, 7) is 2.03. The molecule has 1 aromatic carbocycles.